The molecule has 0 aliphatic rings. The monoisotopic (exact) mass is 332 g/mol. The van der Waals surface area contributed by atoms with E-state index in [1.165, 1.54) is 42.8 Å². The first-order valence-electron chi connectivity index (χ1n) is 6.22. The van der Waals surface area contributed by atoms with Crippen LogP contribution in [0.25, 0.3) is 0 Å². The molecule has 0 heterocycles. The number of non-ortho nitro benzene ring substituents is 1. The van der Waals surface area contributed by atoms with Crippen molar-refractivity contribution in [2.45, 2.75) is 0 Å². The van der Waals surface area contributed by atoms with Crippen molar-refractivity contribution in [1.29, 1.82) is 0 Å². The average Bonchev–Trinajstić information content (AvgIpc) is 2.53. The van der Waals surface area contributed by atoms with Crippen molar-refractivity contribution in [2.75, 3.05) is 0 Å². The number of nitro groups is 2. The van der Waals surface area contributed by atoms with Crippen molar-refractivity contribution in [1.82, 2.24) is 0 Å². The Morgan fingerprint density at radius 1 is 0.913 bits per heavy atom. The predicted octanol–water partition coefficient (Wildman–Crippen LogP) is 3.61. The summed E-state index contributed by atoms with van der Waals surface area (Å²) in [6, 6.07) is 10.1. The van der Waals surface area contributed by atoms with Gasteiger partial charge in [0.1, 0.15) is 5.02 Å². The molecule has 0 aliphatic heterocycles. The van der Waals surface area contributed by atoms with Crippen LogP contribution in [0.15, 0.2) is 52.7 Å². The van der Waals surface area contributed by atoms with Crippen LogP contribution in [-0.4, -0.2) is 22.3 Å². The van der Waals surface area contributed by atoms with E-state index in [0.29, 0.717) is 11.1 Å². The Hall–Kier alpha value is -3.13. The van der Waals surface area contributed by atoms with Crippen molar-refractivity contribution in [3.8, 4) is 0 Å². The van der Waals surface area contributed by atoms with Gasteiger partial charge in [-0.15, -0.1) is 0 Å². The van der Waals surface area contributed by atoms with Gasteiger partial charge in [0, 0.05) is 29.3 Å². The van der Waals surface area contributed by atoms with Gasteiger partial charge in [0.15, 0.2) is 0 Å². The third-order valence-electron chi connectivity index (χ3n) is 2.73. The number of halogens is 1. The molecule has 0 atom stereocenters. The maximum absolute atomic E-state index is 10.8. The van der Waals surface area contributed by atoms with Gasteiger partial charge in [0.25, 0.3) is 11.4 Å². The lowest BCUT2D eigenvalue weighted by Gasteiger charge is -1.96. The molecule has 0 unspecified atom stereocenters. The number of hydrogen-bond acceptors (Lipinski definition) is 6. The van der Waals surface area contributed by atoms with E-state index in [4.69, 9.17) is 11.6 Å². The Bertz CT molecular complexity index is 820. The highest BCUT2D eigenvalue weighted by Gasteiger charge is 2.11. The van der Waals surface area contributed by atoms with Crippen molar-refractivity contribution in [2.24, 2.45) is 10.2 Å². The van der Waals surface area contributed by atoms with Gasteiger partial charge in [-0.25, -0.2) is 0 Å². The molecule has 23 heavy (non-hydrogen) atoms. The van der Waals surface area contributed by atoms with Gasteiger partial charge >= 0.3 is 0 Å². The molecule has 0 aliphatic carbocycles. The number of hydrogen-bond donors (Lipinski definition) is 0. The zero-order valence-corrected chi connectivity index (χ0v) is 12.3. The van der Waals surface area contributed by atoms with Crippen LogP contribution in [0.2, 0.25) is 5.02 Å². The average molecular weight is 333 g/mol. The molecule has 0 saturated heterocycles. The second kappa shape index (κ2) is 7.23. The van der Waals surface area contributed by atoms with Gasteiger partial charge in [0.2, 0.25) is 0 Å². The molecule has 2 aromatic carbocycles. The van der Waals surface area contributed by atoms with E-state index in [2.05, 4.69) is 10.2 Å². The normalized spacial score (nSPS) is 11.2. The van der Waals surface area contributed by atoms with E-state index in [-0.39, 0.29) is 16.4 Å². The highest BCUT2D eigenvalue weighted by molar-refractivity contribution is 6.32. The first-order chi connectivity index (χ1) is 11.0. The summed E-state index contributed by atoms with van der Waals surface area (Å²) in [4.78, 5) is 20.3. The third-order valence-corrected chi connectivity index (χ3v) is 3.05. The smallest absolute Gasteiger partial charge is 0.258 e. The van der Waals surface area contributed by atoms with E-state index < -0.39 is 9.85 Å². The van der Waals surface area contributed by atoms with Crippen LogP contribution in [0.4, 0.5) is 11.4 Å². The summed E-state index contributed by atoms with van der Waals surface area (Å²) in [5, 5.41) is 29.0. The molecule has 0 N–H and O–H groups in total. The van der Waals surface area contributed by atoms with Crippen molar-refractivity contribution >= 4 is 35.4 Å². The highest BCUT2D eigenvalue weighted by atomic mass is 35.5. The van der Waals surface area contributed by atoms with Gasteiger partial charge in [-0.05, 0) is 6.07 Å². The molecular formula is C14H9ClN4O4. The molecule has 116 valence electrons. The fourth-order valence-electron chi connectivity index (χ4n) is 1.67. The first-order valence-corrected chi connectivity index (χ1v) is 6.60. The summed E-state index contributed by atoms with van der Waals surface area (Å²) in [7, 11) is 0. The maximum atomic E-state index is 10.8. The summed E-state index contributed by atoms with van der Waals surface area (Å²) in [6.45, 7) is 0. The molecule has 8 nitrogen and oxygen atoms in total. The van der Waals surface area contributed by atoms with Gasteiger partial charge in [0.05, 0.1) is 22.3 Å². The standard InChI is InChI=1S/C14H9ClN4O4/c15-13-5-4-11(7-14(13)19(22)23)9-17-16-8-10-2-1-3-12(6-10)18(20)21/h1-9H. The maximum Gasteiger partial charge on any atom is 0.288 e. The molecule has 0 saturated carbocycles. The quantitative estimate of drug-likeness (QED) is 0.473. The lowest BCUT2D eigenvalue weighted by atomic mass is 10.2. The summed E-state index contributed by atoms with van der Waals surface area (Å²) in [5.41, 5.74) is 0.695. The Labute approximate surface area is 135 Å². The Kier molecular flexibility index (Phi) is 5.11. The van der Waals surface area contributed by atoms with E-state index in [0.717, 1.165) is 0 Å². The van der Waals surface area contributed by atoms with Crippen LogP contribution in [0.5, 0.6) is 0 Å². The molecule has 0 amide bonds. The van der Waals surface area contributed by atoms with Crippen LogP contribution in [0.3, 0.4) is 0 Å². The minimum atomic E-state index is -0.591. The number of rotatable bonds is 5. The van der Waals surface area contributed by atoms with E-state index in [1.807, 2.05) is 0 Å². The Morgan fingerprint density at radius 3 is 2.17 bits per heavy atom. The zero-order valence-electron chi connectivity index (χ0n) is 11.5. The van der Waals surface area contributed by atoms with Crippen LogP contribution < -0.4 is 0 Å². The van der Waals surface area contributed by atoms with Gasteiger partial charge in [-0.3, -0.25) is 20.2 Å². The lowest BCUT2D eigenvalue weighted by molar-refractivity contribution is -0.385. The molecule has 0 aromatic heterocycles. The number of nitrogens with zero attached hydrogens (tertiary/aromatic N) is 4. The third kappa shape index (κ3) is 4.42. The molecule has 2 aromatic rings. The van der Waals surface area contributed by atoms with Crippen LogP contribution in [0, 0.1) is 20.2 Å². The molecule has 9 heteroatoms. The highest BCUT2D eigenvalue weighted by Crippen LogP contribution is 2.24. The van der Waals surface area contributed by atoms with Gasteiger partial charge in [-0.2, -0.15) is 10.2 Å². The van der Waals surface area contributed by atoms with Crippen molar-refractivity contribution < 1.29 is 9.85 Å². The fraction of sp³-hybridized carbons (Fsp3) is 0. The van der Waals surface area contributed by atoms with E-state index in [9.17, 15) is 20.2 Å². The molecule has 0 radical (unpaired) electrons. The second-order valence-corrected chi connectivity index (χ2v) is 4.72. The molecular weight excluding hydrogens is 324 g/mol. The minimum absolute atomic E-state index is 0.0345. The Balaban J connectivity index is 2.12. The fourth-order valence-corrected chi connectivity index (χ4v) is 1.86. The molecule has 0 fully saturated rings. The minimum Gasteiger partial charge on any atom is -0.258 e. The van der Waals surface area contributed by atoms with E-state index >= 15 is 0 Å². The largest absolute Gasteiger partial charge is 0.288 e. The SMILES string of the molecule is O=[N+]([O-])c1cccc(C=NN=Cc2ccc(Cl)c([N+](=O)[O-])c2)c1. The summed E-state index contributed by atoms with van der Waals surface area (Å²) in [5.74, 6) is 0. The summed E-state index contributed by atoms with van der Waals surface area (Å²) < 4.78 is 0. The summed E-state index contributed by atoms with van der Waals surface area (Å²) in [6.07, 6.45) is 2.66. The van der Waals surface area contributed by atoms with Crippen LogP contribution in [-0.2, 0) is 0 Å². The number of benzene rings is 2. The number of nitro benzene ring substituents is 2. The van der Waals surface area contributed by atoms with Crippen LogP contribution >= 0.6 is 11.6 Å². The van der Waals surface area contributed by atoms with Crippen LogP contribution in [0.1, 0.15) is 11.1 Å². The zero-order chi connectivity index (χ0) is 16.8. The Morgan fingerprint density at radius 2 is 1.57 bits per heavy atom. The molecule has 0 spiro atoms. The van der Waals surface area contributed by atoms with Gasteiger partial charge in [-0.1, -0.05) is 29.8 Å². The molecule has 2 rings (SSSR count). The predicted molar refractivity (Wildman–Crippen MR) is 86.4 cm³/mol. The van der Waals surface area contributed by atoms with Crippen molar-refractivity contribution in [3.05, 3.63) is 78.8 Å². The topological polar surface area (TPSA) is 111 Å². The molecule has 0 bridgehead atoms. The lowest BCUT2D eigenvalue weighted by Crippen LogP contribution is -1.91. The van der Waals surface area contributed by atoms with E-state index in [1.54, 1.807) is 12.1 Å². The summed E-state index contributed by atoms with van der Waals surface area (Å²) >= 11 is 5.70. The second-order valence-electron chi connectivity index (χ2n) is 4.31. The first kappa shape index (κ1) is 16.2. The van der Waals surface area contributed by atoms with Crippen molar-refractivity contribution in [3.63, 3.8) is 0 Å². The van der Waals surface area contributed by atoms with Gasteiger partial charge < -0.3 is 0 Å².